The van der Waals surface area contributed by atoms with E-state index >= 15 is 0 Å². The summed E-state index contributed by atoms with van der Waals surface area (Å²) in [7, 11) is 0. The first kappa shape index (κ1) is 14.3. The summed E-state index contributed by atoms with van der Waals surface area (Å²) >= 11 is 0. The van der Waals surface area contributed by atoms with Crippen LogP contribution in [0.15, 0.2) is 0 Å². The molecule has 0 bridgehead atoms. The molecule has 100 valence electrons. The van der Waals surface area contributed by atoms with Gasteiger partial charge in [0.2, 0.25) is 0 Å². The summed E-state index contributed by atoms with van der Waals surface area (Å²) in [5, 5.41) is 46.0. The number of carboxylic acid groups (broad SMARTS) is 1. The minimum absolute atomic E-state index is 0.225. The lowest BCUT2D eigenvalue weighted by Gasteiger charge is -2.40. The number of ether oxygens (including phenoxy) is 1. The van der Waals surface area contributed by atoms with E-state index in [1.54, 1.807) is 0 Å². The molecule has 0 unspecified atom stereocenters. The number of aliphatic carboxylic acids is 1. The zero-order chi connectivity index (χ0) is 13.2. The zero-order valence-electron chi connectivity index (χ0n) is 9.01. The Labute approximate surface area is 97.2 Å². The number of aliphatic hydroxyl groups is 4. The molecule has 1 fully saturated rings. The van der Waals surface area contributed by atoms with E-state index in [0.29, 0.717) is 0 Å². The van der Waals surface area contributed by atoms with Crippen LogP contribution in [0.4, 0.5) is 0 Å². The smallest absolute Gasteiger partial charge is 0.320 e. The van der Waals surface area contributed by atoms with E-state index in [2.05, 4.69) is 0 Å². The van der Waals surface area contributed by atoms with Gasteiger partial charge in [-0.3, -0.25) is 4.79 Å². The Bertz CT molecular complexity index is 272. The SMILES string of the molecule is N[C@@H](C[C@H]1O[C@H](CO)[C@@H](O)[C@H](O)[C@H]1O)C(=O)O. The minimum Gasteiger partial charge on any atom is -0.480 e. The fourth-order valence-electron chi connectivity index (χ4n) is 1.72. The summed E-state index contributed by atoms with van der Waals surface area (Å²) in [5.74, 6) is -1.26. The Morgan fingerprint density at radius 2 is 1.71 bits per heavy atom. The van der Waals surface area contributed by atoms with Crippen LogP contribution in [-0.4, -0.2) is 74.7 Å². The van der Waals surface area contributed by atoms with E-state index in [0.717, 1.165) is 0 Å². The number of aliphatic hydroxyl groups excluding tert-OH is 4. The highest BCUT2D eigenvalue weighted by atomic mass is 16.5. The Morgan fingerprint density at radius 3 is 2.18 bits per heavy atom. The number of rotatable bonds is 4. The van der Waals surface area contributed by atoms with E-state index < -0.39 is 49.1 Å². The number of hydrogen-bond donors (Lipinski definition) is 6. The molecule has 17 heavy (non-hydrogen) atoms. The van der Waals surface area contributed by atoms with Gasteiger partial charge in [-0.2, -0.15) is 0 Å². The highest BCUT2D eigenvalue weighted by molar-refractivity contribution is 5.73. The lowest BCUT2D eigenvalue weighted by atomic mass is 9.92. The van der Waals surface area contributed by atoms with Gasteiger partial charge < -0.3 is 36.0 Å². The molecule has 1 heterocycles. The molecule has 1 rings (SSSR count). The molecule has 8 nitrogen and oxygen atoms in total. The molecule has 0 aromatic heterocycles. The van der Waals surface area contributed by atoms with Crippen molar-refractivity contribution in [2.24, 2.45) is 5.73 Å². The average molecular weight is 251 g/mol. The Kier molecular flexibility index (Phi) is 4.80. The van der Waals surface area contributed by atoms with Crippen LogP contribution in [-0.2, 0) is 9.53 Å². The second-order valence-electron chi connectivity index (χ2n) is 4.05. The molecule has 6 atom stereocenters. The third kappa shape index (κ3) is 3.12. The molecule has 8 heteroatoms. The maximum atomic E-state index is 10.6. The number of carboxylic acids is 1. The Morgan fingerprint density at radius 1 is 1.18 bits per heavy atom. The van der Waals surface area contributed by atoms with E-state index in [4.69, 9.17) is 20.7 Å². The van der Waals surface area contributed by atoms with Crippen LogP contribution in [0.2, 0.25) is 0 Å². The van der Waals surface area contributed by atoms with Gasteiger partial charge in [0.25, 0.3) is 0 Å². The van der Waals surface area contributed by atoms with E-state index in [-0.39, 0.29) is 6.42 Å². The van der Waals surface area contributed by atoms with Crippen molar-refractivity contribution in [1.29, 1.82) is 0 Å². The molecule has 0 aromatic carbocycles. The summed E-state index contributed by atoms with van der Waals surface area (Å²) in [6.07, 6.45) is -6.72. The Hall–Kier alpha value is -0.770. The van der Waals surface area contributed by atoms with Crippen molar-refractivity contribution in [3.05, 3.63) is 0 Å². The maximum absolute atomic E-state index is 10.6. The molecule has 0 aliphatic carbocycles. The molecule has 0 spiro atoms. The number of nitrogens with two attached hydrogens (primary N) is 1. The van der Waals surface area contributed by atoms with Crippen LogP contribution in [0.25, 0.3) is 0 Å². The molecular formula is C9H17NO7. The molecule has 0 aromatic rings. The van der Waals surface area contributed by atoms with Crippen LogP contribution >= 0.6 is 0 Å². The van der Waals surface area contributed by atoms with Gasteiger partial charge in [0.1, 0.15) is 30.5 Å². The van der Waals surface area contributed by atoms with E-state index in [9.17, 15) is 20.1 Å². The standard InChI is InChI=1S/C9H17NO7/c10-3(9(15)16)1-4-6(12)8(14)7(13)5(2-11)17-4/h3-8,11-14H,1-2,10H2,(H,15,16)/t3-,4+,5+,6-,7+,8+/m0/s1. The van der Waals surface area contributed by atoms with Crippen LogP contribution in [0.1, 0.15) is 6.42 Å². The summed E-state index contributed by atoms with van der Waals surface area (Å²) in [4.78, 5) is 10.6. The summed E-state index contributed by atoms with van der Waals surface area (Å²) in [5.41, 5.74) is 5.28. The molecule has 7 N–H and O–H groups in total. The lowest BCUT2D eigenvalue weighted by Crippen LogP contribution is -2.59. The van der Waals surface area contributed by atoms with Gasteiger partial charge in [-0.1, -0.05) is 0 Å². The molecular weight excluding hydrogens is 234 g/mol. The summed E-state index contributed by atoms with van der Waals surface area (Å²) < 4.78 is 5.10. The van der Waals surface area contributed by atoms with Crippen LogP contribution in [0.3, 0.4) is 0 Å². The monoisotopic (exact) mass is 251 g/mol. The highest BCUT2D eigenvalue weighted by Gasteiger charge is 2.44. The fourth-order valence-corrected chi connectivity index (χ4v) is 1.72. The third-order valence-electron chi connectivity index (χ3n) is 2.79. The summed E-state index contributed by atoms with van der Waals surface area (Å²) in [6, 6.07) is -1.25. The fraction of sp³-hybridized carbons (Fsp3) is 0.889. The number of carbonyl (C=O) groups is 1. The van der Waals surface area contributed by atoms with Crippen molar-refractivity contribution in [2.75, 3.05) is 6.61 Å². The highest BCUT2D eigenvalue weighted by Crippen LogP contribution is 2.23. The van der Waals surface area contributed by atoms with Gasteiger partial charge in [0, 0.05) is 6.42 Å². The first-order chi connectivity index (χ1) is 7.88. The largest absolute Gasteiger partial charge is 0.480 e. The van der Waals surface area contributed by atoms with Crippen molar-refractivity contribution in [1.82, 2.24) is 0 Å². The topological polar surface area (TPSA) is 153 Å². The average Bonchev–Trinajstić information content (AvgIpc) is 2.29. The van der Waals surface area contributed by atoms with Gasteiger partial charge in [-0.15, -0.1) is 0 Å². The number of hydrogen-bond acceptors (Lipinski definition) is 7. The van der Waals surface area contributed by atoms with Crippen molar-refractivity contribution >= 4 is 5.97 Å². The third-order valence-corrected chi connectivity index (χ3v) is 2.79. The first-order valence-corrected chi connectivity index (χ1v) is 5.17. The van der Waals surface area contributed by atoms with Crippen LogP contribution in [0.5, 0.6) is 0 Å². The van der Waals surface area contributed by atoms with E-state index in [1.165, 1.54) is 0 Å². The van der Waals surface area contributed by atoms with Gasteiger partial charge in [-0.05, 0) is 0 Å². The summed E-state index contributed by atoms with van der Waals surface area (Å²) in [6.45, 7) is -0.552. The normalized spacial score (nSPS) is 39.9. The molecule has 0 radical (unpaired) electrons. The van der Waals surface area contributed by atoms with Gasteiger partial charge in [0.15, 0.2) is 0 Å². The lowest BCUT2D eigenvalue weighted by molar-refractivity contribution is -0.231. The Balaban J connectivity index is 2.68. The zero-order valence-corrected chi connectivity index (χ0v) is 9.01. The molecule has 0 amide bonds. The van der Waals surface area contributed by atoms with E-state index in [1.807, 2.05) is 0 Å². The van der Waals surface area contributed by atoms with Crippen LogP contribution < -0.4 is 5.73 Å². The van der Waals surface area contributed by atoms with Crippen LogP contribution in [0, 0.1) is 0 Å². The molecule has 1 aliphatic rings. The molecule has 0 saturated carbocycles. The second kappa shape index (κ2) is 5.71. The van der Waals surface area contributed by atoms with Crippen molar-refractivity contribution in [3.63, 3.8) is 0 Å². The quantitative estimate of drug-likeness (QED) is 0.302. The van der Waals surface area contributed by atoms with Crippen molar-refractivity contribution in [2.45, 2.75) is 43.0 Å². The minimum atomic E-state index is -1.51. The van der Waals surface area contributed by atoms with Gasteiger partial charge >= 0.3 is 5.97 Å². The predicted octanol–water partition coefficient (Wildman–Crippen LogP) is -3.37. The van der Waals surface area contributed by atoms with Crippen molar-refractivity contribution in [3.8, 4) is 0 Å². The molecule has 1 saturated heterocycles. The first-order valence-electron chi connectivity index (χ1n) is 5.17. The van der Waals surface area contributed by atoms with Gasteiger partial charge in [-0.25, -0.2) is 0 Å². The van der Waals surface area contributed by atoms with Crippen molar-refractivity contribution < 1.29 is 35.1 Å². The predicted molar refractivity (Wildman–Crippen MR) is 54.0 cm³/mol. The second-order valence-corrected chi connectivity index (χ2v) is 4.05. The molecule has 1 aliphatic heterocycles. The van der Waals surface area contributed by atoms with Gasteiger partial charge in [0.05, 0.1) is 12.7 Å². The maximum Gasteiger partial charge on any atom is 0.320 e.